The number of methoxy groups -OCH3 is 2. The molecule has 0 aliphatic rings. The summed E-state index contributed by atoms with van der Waals surface area (Å²) < 4.78 is 23.2. The van der Waals surface area contributed by atoms with Gasteiger partial charge in [-0.15, -0.1) is 0 Å². The maximum absolute atomic E-state index is 13.2. The number of carbonyl (C=O) groups is 1. The van der Waals surface area contributed by atoms with Crippen LogP contribution >= 0.6 is 0 Å². The summed E-state index contributed by atoms with van der Waals surface area (Å²) in [5, 5.41) is 8.89. The first-order chi connectivity index (χ1) is 7.51. The van der Waals surface area contributed by atoms with Gasteiger partial charge in [0.1, 0.15) is 5.82 Å². The zero-order valence-electron chi connectivity index (χ0n) is 9.28. The normalized spacial score (nSPS) is 12.0. The Morgan fingerprint density at radius 1 is 1.38 bits per heavy atom. The zero-order chi connectivity index (χ0) is 12.3. The molecule has 1 atom stereocenters. The average Bonchev–Trinajstić information content (AvgIpc) is 2.26. The summed E-state index contributed by atoms with van der Waals surface area (Å²) in [5.74, 6) is -2.03. The van der Waals surface area contributed by atoms with E-state index in [9.17, 15) is 9.18 Å². The second-order valence-corrected chi connectivity index (χ2v) is 3.29. The lowest BCUT2D eigenvalue weighted by atomic mass is 9.99. The SMILES string of the molecule is COc1cc(F)cc(C(C)C(=O)O)c1OC. The molecule has 0 saturated carbocycles. The fourth-order valence-electron chi connectivity index (χ4n) is 1.41. The van der Waals surface area contributed by atoms with E-state index in [-0.39, 0.29) is 17.1 Å². The molecular weight excluding hydrogens is 215 g/mol. The lowest BCUT2D eigenvalue weighted by Crippen LogP contribution is -2.10. The molecule has 0 amide bonds. The molecule has 1 N–H and O–H groups in total. The Hall–Kier alpha value is -1.78. The van der Waals surface area contributed by atoms with Gasteiger partial charge in [0, 0.05) is 11.6 Å². The Bertz CT molecular complexity index is 403. The van der Waals surface area contributed by atoms with E-state index in [0.29, 0.717) is 0 Å². The fourth-order valence-corrected chi connectivity index (χ4v) is 1.41. The molecule has 0 heterocycles. The summed E-state index contributed by atoms with van der Waals surface area (Å²) in [4.78, 5) is 10.9. The van der Waals surface area contributed by atoms with Crippen molar-refractivity contribution < 1.29 is 23.8 Å². The van der Waals surface area contributed by atoms with E-state index >= 15 is 0 Å². The van der Waals surface area contributed by atoms with Crippen LogP contribution in [0.3, 0.4) is 0 Å². The molecule has 0 aromatic heterocycles. The van der Waals surface area contributed by atoms with Crippen LogP contribution in [0.1, 0.15) is 18.4 Å². The zero-order valence-corrected chi connectivity index (χ0v) is 9.28. The number of ether oxygens (including phenoxy) is 2. The van der Waals surface area contributed by atoms with Crippen LogP contribution < -0.4 is 9.47 Å². The van der Waals surface area contributed by atoms with E-state index in [2.05, 4.69) is 0 Å². The van der Waals surface area contributed by atoms with Gasteiger partial charge in [0.2, 0.25) is 0 Å². The summed E-state index contributed by atoms with van der Waals surface area (Å²) >= 11 is 0. The highest BCUT2D eigenvalue weighted by molar-refractivity contribution is 5.77. The number of benzene rings is 1. The number of halogens is 1. The molecular formula is C11H13FO4. The van der Waals surface area contributed by atoms with Crippen LogP contribution in [0.25, 0.3) is 0 Å². The van der Waals surface area contributed by atoms with E-state index in [1.165, 1.54) is 21.1 Å². The van der Waals surface area contributed by atoms with Gasteiger partial charge in [-0.3, -0.25) is 4.79 Å². The van der Waals surface area contributed by atoms with Crippen molar-refractivity contribution in [3.05, 3.63) is 23.5 Å². The molecule has 1 rings (SSSR count). The molecule has 0 aliphatic heterocycles. The Morgan fingerprint density at radius 3 is 2.44 bits per heavy atom. The topological polar surface area (TPSA) is 55.8 Å². The molecule has 5 heteroatoms. The largest absolute Gasteiger partial charge is 0.493 e. The predicted molar refractivity (Wildman–Crippen MR) is 55.6 cm³/mol. The van der Waals surface area contributed by atoms with Gasteiger partial charge in [-0.1, -0.05) is 0 Å². The van der Waals surface area contributed by atoms with Crippen molar-refractivity contribution in [3.8, 4) is 11.5 Å². The molecule has 16 heavy (non-hydrogen) atoms. The summed E-state index contributed by atoms with van der Waals surface area (Å²) in [6.07, 6.45) is 0. The first kappa shape index (κ1) is 12.3. The molecule has 1 aromatic carbocycles. The predicted octanol–water partition coefficient (Wildman–Crippen LogP) is 2.03. The van der Waals surface area contributed by atoms with Gasteiger partial charge in [0.15, 0.2) is 11.5 Å². The fraction of sp³-hybridized carbons (Fsp3) is 0.364. The van der Waals surface area contributed by atoms with Crippen molar-refractivity contribution in [1.29, 1.82) is 0 Å². The van der Waals surface area contributed by atoms with Crippen molar-refractivity contribution in [1.82, 2.24) is 0 Å². The first-order valence-corrected chi connectivity index (χ1v) is 4.65. The molecule has 0 fully saturated rings. The second kappa shape index (κ2) is 4.83. The lowest BCUT2D eigenvalue weighted by Gasteiger charge is -2.15. The minimum Gasteiger partial charge on any atom is -0.493 e. The van der Waals surface area contributed by atoms with E-state index in [4.69, 9.17) is 14.6 Å². The van der Waals surface area contributed by atoms with E-state index in [1.807, 2.05) is 0 Å². The van der Waals surface area contributed by atoms with Gasteiger partial charge < -0.3 is 14.6 Å². The van der Waals surface area contributed by atoms with Gasteiger partial charge in [-0.05, 0) is 13.0 Å². The van der Waals surface area contributed by atoms with Crippen LogP contribution in [0.15, 0.2) is 12.1 Å². The van der Waals surface area contributed by atoms with Crippen LogP contribution in [0.2, 0.25) is 0 Å². The number of carboxylic acid groups (broad SMARTS) is 1. The third-order valence-electron chi connectivity index (χ3n) is 2.31. The van der Waals surface area contributed by atoms with Crippen LogP contribution in [0.5, 0.6) is 11.5 Å². The van der Waals surface area contributed by atoms with Gasteiger partial charge in [-0.2, -0.15) is 0 Å². The Morgan fingerprint density at radius 2 is 2.00 bits per heavy atom. The standard InChI is InChI=1S/C11H13FO4/c1-6(11(13)14)8-4-7(12)5-9(15-2)10(8)16-3/h4-6H,1-3H3,(H,13,14). The number of rotatable bonds is 4. The van der Waals surface area contributed by atoms with Gasteiger partial charge >= 0.3 is 5.97 Å². The maximum atomic E-state index is 13.2. The molecule has 0 spiro atoms. The molecule has 0 radical (unpaired) electrons. The Balaban J connectivity index is 3.35. The smallest absolute Gasteiger partial charge is 0.310 e. The number of hydrogen-bond donors (Lipinski definition) is 1. The van der Waals surface area contributed by atoms with Crippen LogP contribution in [0.4, 0.5) is 4.39 Å². The number of carboxylic acids is 1. The molecule has 1 unspecified atom stereocenters. The first-order valence-electron chi connectivity index (χ1n) is 4.65. The molecule has 1 aromatic rings. The van der Waals surface area contributed by atoms with E-state index < -0.39 is 17.7 Å². The number of hydrogen-bond acceptors (Lipinski definition) is 3. The quantitative estimate of drug-likeness (QED) is 0.856. The monoisotopic (exact) mass is 228 g/mol. The minimum absolute atomic E-state index is 0.186. The summed E-state index contributed by atoms with van der Waals surface area (Å²) in [5.41, 5.74) is 0.256. The summed E-state index contributed by atoms with van der Waals surface area (Å²) in [7, 11) is 2.75. The van der Waals surface area contributed by atoms with Crippen molar-refractivity contribution in [3.63, 3.8) is 0 Å². The highest BCUT2D eigenvalue weighted by Crippen LogP contribution is 2.36. The molecule has 4 nitrogen and oxygen atoms in total. The Labute approximate surface area is 92.6 Å². The van der Waals surface area contributed by atoms with E-state index in [0.717, 1.165) is 12.1 Å². The third kappa shape index (κ3) is 2.24. The van der Waals surface area contributed by atoms with Gasteiger partial charge in [-0.25, -0.2) is 4.39 Å². The number of aliphatic carboxylic acids is 1. The van der Waals surface area contributed by atoms with Crippen molar-refractivity contribution >= 4 is 5.97 Å². The average molecular weight is 228 g/mol. The maximum Gasteiger partial charge on any atom is 0.310 e. The van der Waals surface area contributed by atoms with Gasteiger partial charge in [0.05, 0.1) is 20.1 Å². The molecule has 0 bridgehead atoms. The second-order valence-electron chi connectivity index (χ2n) is 3.29. The highest BCUT2D eigenvalue weighted by Gasteiger charge is 2.22. The van der Waals surface area contributed by atoms with Crippen LogP contribution in [-0.4, -0.2) is 25.3 Å². The van der Waals surface area contributed by atoms with Crippen molar-refractivity contribution in [2.24, 2.45) is 0 Å². The molecule has 0 aliphatic carbocycles. The minimum atomic E-state index is -1.05. The molecule has 0 saturated heterocycles. The van der Waals surface area contributed by atoms with E-state index in [1.54, 1.807) is 0 Å². The lowest BCUT2D eigenvalue weighted by molar-refractivity contribution is -0.138. The Kier molecular flexibility index (Phi) is 3.71. The van der Waals surface area contributed by atoms with Crippen molar-refractivity contribution in [2.45, 2.75) is 12.8 Å². The van der Waals surface area contributed by atoms with Crippen molar-refractivity contribution in [2.75, 3.05) is 14.2 Å². The highest BCUT2D eigenvalue weighted by atomic mass is 19.1. The van der Waals surface area contributed by atoms with Crippen LogP contribution in [0, 0.1) is 5.82 Å². The van der Waals surface area contributed by atoms with Crippen LogP contribution in [-0.2, 0) is 4.79 Å². The molecule has 88 valence electrons. The summed E-state index contributed by atoms with van der Waals surface area (Å²) in [6.45, 7) is 1.46. The third-order valence-corrected chi connectivity index (χ3v) is 2.31. The van der Waals surface area contributed by atoms with Gasteiger partial charge in [0.25, 0.3) is 0 Å². The summed E-state index contributed by atoms with van der Waals surface area (Å²) in [6, 6.07) is 2.29.